The quantitative estimate of drug-likeness (QED) is 0.624. The number of nitrogens with one attached hydrogen (secondary N) is 1. The summed E-state index contributed by atoms with van der Waals surface area (Å²) in [5.74, 6) is 0.430. The van der Waals surface area contributed by atoms with Gasteiger partial charge in [-0.1, -0.05) is 5.21 Å². The van der Waals surface area contributed by atoms with E-state index in [1.165, 1.54) is 27.8 Å². The smallest absolute Gasteiger partial charge is 0.266 e. The van der Waals surface area contributed by atoms with Gasteiger partial charge in [0.25, 0.3) is 10.0 Å². The van der Waals surface area contributed by atoms with Gasteiger partial charge in [-0.2, -0.15) is 5.21 Å². The Labute approximate surface area is 136 Å². The average molecular weight is 351 g/mol. The minimum Gasteiger partial charge on any atom is -0.399 e. The first-order chi connectivity index (χ1) is 11.1. The number of tetrazole rings is 1. The molecule has 9 nitrogen and oxygen atoms in total. The van der Waals surface area contributed by atoms with E-state index in [2.05, 4.69) is 25.6 Å². The second-order valence-corrected chi connectivity index (χ2v) is 7.27. The Morgan fingerprint density at radius 1 is 1.26 bits per heavy atom. The van der Waals surface area contributed by atoms with E-state index < -0.39 is 10.0 Å². The van der Waals surface area contributed by atoms with Gasteiger partial charge in [0.2, 0.25) is 0 Å². The van der Waals surface area contributed by atoms with E-state index in [0.29, 0.717) is 23.1 Å². The number of aromatic amines is 1. The van der Waals surface area contributed by atoms with E-state index >= 15 is 0 Å². The second kappa shape index (κ2) is 6.30. The normalized spacial score (nSPS) is 11.5. The largest absolute Gasteiger partial charge is 0.399 e. The summed E-state index contributed by atoms with van der Waals surface area (Å²) in [5.41, 5.74) is 6.11. The van der Waals surface area contributed by atoms with Gasteiger partial charge >= 0.3 is 0 Å². The summed E-state index contributed by atoms with van der Waals surface area (Å²) in [4.78, 5) is 4.25. The first-order valence-electron chi connectivity index (χ1n) is 6.57. The summed E-state index contributed by atoms with van der Waals surface area (Å²) in [6.45, 7) is 0.153. The van der Waals surface area contributed by atoms with Crippen molar-refractivity contribution in [3.05, 3.63) is 41.7 Å². The van der Waals surface area contributed by atoms with Crippen LogP contribution in [0.25, 0.3) is 0 Å². The lowest BCUT2D eigenvalue weighted by Crippen LogP contribution is -2.33. The van der Waals surface area contributed by atoms with E-state index in [1.807, 2.05) is 0 Å². The van der Waals surface area contributed by atoms with Crippen molar-refractivity contribution >= 4 is 32.2 Å². The Morgan fingerprint density at radius 3 is 2.65 bits per heavy atom. The molecule has 0 aliphatic heterocycles. The van der Waals surface area contributed by atoms with E-state index in [0.717, 1.165) is 0 Å². The molecule has 0 atom stereocenters. The van der Waals surface area contributed by atoms with E-state index in [-0.39, 0.29) is 11.4 Å². The molecule has 2 aromatic heterocycles. The molecule has 0 aliphatic rings. The summed E-state index contributed by atoms with van der Waals surface area (Å²) in [6, 6.07) is 6.04. The lowest BCUT2D eigenvalue weighted by molar-refractivity contribution is 0.590. The molecule has 3 aromatic rings. The predicted molar refractivity (Wildman–Crippen MR) is 85.4 cm³/mol. The number of hydrogen-bond donors (Lipinski definition) is 2. The van der Waals surface area contributed by atoms with Gasteiger partial charge in [-0.05, 0) is 24.3 Å². The standard InChI is InChI=1S/C12H13N7O2S2/c13-9-1-3-10(4-2-9)23(20,21)19(12-14-6-8-22-12)7-5-11-15-17-18-16-11/h1-4,6,8H,5,7,13H2,(H,15,16,17,18). The molecule has 0 aliphatic carbocycles. The molecule has 0 amide bonds. The van der Waals surface area contributed by atoms with E-state index in [4.69, 9.17) is 5.73 Å². The number of hydrogen-bond acceptors (Lipinski definition) is 8. The van der Waals surface area contributed by atoms with Crippen LogP contribution in [0.4, 0.5) is 10.8 Å². The number of nitrogens with zero attached hydrogens (tertiary/aromatic N) is 5. The second-order valence-electron chi connectivity index (χ2n) is 4.54. The number of nitrogen functional groups attached to an aromatic ring is 1. The maximum Gasteiger partial charge on any atom is 0.266 e. The van der Waals surface area contributed by atoms with Crippen molar-refractivity contribution in [1.29, 1.82) is 0 Å². The Kier molecular flexibility index (Phi) is 4.21. The Morgan fingerprint density at radius 2 is 2.04 bits per heavy atom. The number of anilines is 2. The average Bonchev–Trinajstić information content (AvgIpc) is 3.21. The Balaban J connectivity index is 1.92. The van der Waals surface area contributed by atoms with Crippen LogP contribution in [0.3, 0.4) is 0 Å². The van der Waals surface area contributed by atoms with Gasteiger partial charge in [0.1, 0.15) is 0 Å². The van der Waals surface area contributed by atoms with E-state index in [9.17, 15) is 8.42 Å². The molecule has 23 heavy (non-hydrogen) atoms. The fourth-order valence-electron chi connectivity index (χ4n) is 1.91. The van der Waals surface area contributed by atoms with Crippen molar-refractivity contribution < 1.29 is 8.42 Å². The minimum atomic E-state index is -3.75. The third-order valence-electron chi connectivity index (χ3n) is 3.03. The molecule has 0 saturated carbocycles. The molecule has 120 valence electrons. The molecule has 1 aromatic carbocycles. The fraction of sp³-hybridized carbons (Fsp3) is 0.167. The van der Waals surface area contributed by atoms with Gasteiger partial charge in [0.15, 0.2) is 11.0 Å². The van der Waals surface area contributed by atoms with Gasteiger partial charge in [-0.25, -0.2) is 17.7 Å². The zero-order valence-electron chi connectivity index (χ0n) is 11.8. The van der Waals surface area contributed by atoms with Crippen LogP contribution in [0.2, 0.25) is 0 Å². The molecule has 0 fully saturated rings. The Bertz CT molecular complexity index is 845. The highest BCUT2D eigenvalue weighted by molar-refractivity contribution is 7.93. The zero-order valence-corrected chi connectivity index (χ0v) is 13.5. The van der Waals surface area contributed by atoms with Crippen LogP contribution in [0.1, 0.15) is 5.82 Å². The molecule has 0 bridgehead atoms. The molecule has 3 N–H and O–H groups in total. The van der Waals surface area contributed by atoms with Crippen LogP contribution in [-0.2, 0) is 16.4 Å². The minimum absolute atomic E-state index is 0.148. The summed E-state index contributed by atoms with van der Waals surface area (Å²) in [6.07, 6.45) is 1.87. The first-order valence-corrected chi connectivity index (χ1v) is 8.89. The van der Waals surface area contributed by atoms with Gasteiger partial charge in [-0.3, -0.25) is 0 Å². The molecule has 0 saturated heterocycles. The van der Waals surface area contributed by atoms with Crippen molar-refractivity contribution in [2.75, 3.05) is 16.6 Å². The topological polar surface area (TPSA) is 131 Å². The van der Waals surface area contributed by atoms with Crippen molar-refractivity contribution in [2.45, 2.75) is 11.3 Å². The summed E-state index contributed by atoms with van der Waals surface area (Å²) < 4.78 is 27.0. The number of H-pyrrole nitrogens is 1. The van der Waals surface area contributed by atoms with Gasteiger partial charge in [-0.15, -0.1) is 21.5 Å². The summed E-state index contributed by atoms with van der Waals surface area (Å²) >= 11 is 1.24. The first kappa shape index (κ1) is 15.4. The number of nitrogens with two attached hydrogens (primary N) is 1. The van der Waals surface area contributed by atoms with Crippen LogP contribution in [0.15, 0.2) is 40.7 Å². The molecule has 11 heteroatoms. The molecular formula is C12H13N7O2S2. The van der Waals surface area contributed by atoms with Crippen LogP contribution in [0, 0.1) is 0 Å². The van der Waals surface area contributed by atoms with Gasteiger partial charge in [0.05, 0.1) is 4.90 Å². The zero-order chi connectivity index (χ0) is 16.3. The molecule has 3 rings (SSSR count). The van der Waals surface area contributed by atoms with E-state index in [1.54, 1.807) is 23.7 Å². The third kappa shape index (κ3) is 3.29. The number of aromatic nitrogens is 5. The summed E-state index contributed by atoms with van der Waals surface area (Å²) in [5, 5.41) is 15.6. The van der Waals surface area contributed by atoms with Crippen molar-refractivity contribution in [1.82, 2.24) is 25.6 Å². The molecule has 0 spiro atoms. The summed E-state index contributed by atoms with van der Waals surface area (Å²) in [7, 11) is -3.75. The maximum absolute atomic E-state index is 12.9. The number of thiazole rings is 1. The number of sulfonamides is 1. The number of benzene rings is 1. The predicted octanol–water partition coefficient (Wildman–Crippen LogP) is 0.676. The monoisotopic (exact) mass is 351 g/mol. The van der Waals surface area contributed by atoms with Crippen LogP contribution < -0.4 is 10.0 Å². The maximum atomic E-state index is 12.9. The molecule has 0 radical (unpaired) electrons. The van der Waals surface area contributed by atoms with Crippen molar-refractivity contribution in [3.8, 4) is 0 Å². The van der Waals surface area contributed by atoms with Crippen LogP contribution in [-0.4, -0.2) is 40.6 Å². The highest BCUT2D eigenvalue weighted by atomic mass is 32.2. The fourth-order valence-corrected chi connectivity index (χ4v) is 4.23. The lowest BCUT2D eigenvalue weighted by Gasteiger charge is -2.21. The SMILES string of the molecule is Nc1ccc(S(=O)(=O)N(CCc2nn[nH]n2)c2nccs2)cc1. The lowest BCUT2D eigenvalue weighted by atomic mass is 10.3. The van der Waals surface area contributed by atoms with Crippen molar-refractivity contribution in [2.24, 2.45) is 0 Å². The highest BCUT2D eigenvalue weighted by Crippen LogP contribution is 2.26. The van der Waals surface area contributed by atoms with Crippen LogP contribution >= 0.6 is 11.3 Å². The Hall–Kier alpha value is -2.53. The number of rotatable bonds is 6. The third-order valence-corrected chi connectivity index (χ3v) is 5.74. The van der Waals surface area contributed by atoms with Gasteiger partial charge in [0, 0.05) is 30.2 Å². The molecular weight excluding hydrogens is 338 g/mol. The van der Waals surface area contributed by atoms with Crippen molar-refractivity contribution in [3.63, 3.8) is 0 Å². The van der Waals surface area contributed by atoms with Crippen LogP contribution in [0.5, 0.6) is 0 Å². The van der Waals surface area contributed by atoms with Gasteiger partial charge < -0.3 is 5.73 Å². The highest BCUT2D eigenvalue weighted by Gasteiger charge is 2.27. The molecule has 2 heterocycles. The molecule has 0 unspecified atom stereocenters.